The summed E-state index contributed by atoms with van der Waals surface area (Å²) in [6.07, 6.45) is -4.74. The molecule has 2 atom stereocenters. The monoisotopic (exact) mass is 411 g/mol. The molecule has 10 heteroatoms. The summed E-state index contributed by atoms with van der Waals surface area (Å²) in [5.41, 5.74) is 0.677. The highest BCUT2D eigenvalue weighted by atomic mass is 19.4. The lowest BCUT2D eigenvalue weighted by atomic mass is 9.85. The molecule has 3 rings (SSSR count). The van der Waals surface area contributed by atoms with E-state index in [1.165, 1.54) is 42.5 Å². The number of hydrogen-bond donors (Lipinski definition) is 1. The van der Waals surface area contributed by atoms with Gasteiger partial charge in [-0.1, -0.05) is 24.3 Å². The molecular formula is C19H17F4N3O3. The summed E-state index contributed by atoms with van der Waals surface area (Å²) in [5.74, 6) is -3.07. The Bertz CT molecular complexity index is 902. The Morgan fingerprint density at radius 3 is 2.41 bits per heavy atom. The van der Waals surface area contributed by atoms with Crippen molar-refractivity contribution in [2.24, 2.45) is 0 Å². The number of rotatable bonds is 4. The van der Waals surface area contributed by atoms with Gasteiger partial charge in [0.15, 0.2) is 0 Å². The van der Waals surface area contributed by atoms with Crippen LogP contribution in [0.5, 0.6) is 0 Å². The molecule has 1 fully saturated rings. The standard InChI is InChI=1S/C19H17F4N3O3/c20-13-7-5-12(6-8-13)14-9-10-25(11-15(14)24-18(27)19(21,22)23)16-3-1-2-4-17(16)26(28)29/h1-8,14-15H,9-11H2,(H,24,27). The minimum atomic E-state index is -5.06. The van der Waals surface area contributed by atoms with Crippen molar-refractivity contribution < 1.29 is 27.3 Å². The van der Waals surface area contributed by atoms with E-state index in [4.69, 9.17) is 0 Å². The average Bonchev–Trinajstić information content (AvgIpc) is 2.68. The number of piperidine rings is 1. The lowest BCUT2D eigenvalue weighted by Crippen LogP contribution is -2.54. The smallest absolute Gasteiger partial charge is 0.364 e. The van der Waals surface area contributed by atoms with Crippen LogP contribution < -0.4 is 10.2 Å². The highest BCUT2D eigenvalue weighted by molar-refractivity contribution is 5.82. The molecule has 29 heavy (non-hydrogen) atoms. The van der Waals surface area contributed by atoms with E-state index in [0.717, 1.165) is 0 Å². The molecule has 1 heterocycles. The van der Waals surface area contributed by atoms with Crippen LogP contribution in [0.1, 0.15) is 17.9 Å². The van der Waals surface area contributed by atoms with Crippen LogP contribution in [0.25, 0.3) is 0 Å². The third-order valence-electron chi connectivity index (χ3n) is 4.90. The van der Waals surface area contributed by atoms with E-state index >= 15 is 0 Å². The molecule has 2 unspecified atom stereocenters. The molecule has 0 saturated carbocycles. The van der Waals surface area contributed by atoms with E-state index in [9.17, 15) is 32.5 Å². The van der Waals surface area contributed by atoms with Gasteiger partial charge in [-0.2, -0.15) is 13.2 Å². The van der Waals surface area contributed by atoms with Crippen LogP contribution in [0.15, 0.2) is 48.5 Å². The molecule has 2 aromatic carbocycles. The number of nitro groups is 1. The van der Waals surface area contributed by atoms with Gasteiger partial charge in [0.2, 0.25) is 0 Å². The van der Waals surface area contributed by atoms with Crippen molar-refractivity contribution in [1.82, 2.24) is 5.32 Å². The summed E-state index contributed by atoms with van der Waals surface area (Å²) in [6, 6.07) is 10.3. The van der Waals surface area contributed by atoms with Gasteiger partial charge < -0.3 is 10.2 Å². The molecule has 1 amide bonds. The molecule has 1 aliphatic rings. The Hall–Kier alpha value is -3.17. The number of carbonyl (C=O) groups is 1. The number of benzene rings is 2. The minimum absolute atomic E-state index is 0.0608. The van der Waals surface area contributed by atoms with Crippen molar-refractivity contribution in [3.8, 4) is 0 Å². The van der Waals surface area contributed by atoms with Crippen molar-refractivity contribution in [3.05, 3.63) is 70.0 Å². The lowest BCUT2D eigenvalue weighted by molar-refractivity contribution is -0.384. The van der Waals surface area contributed by atoms with Gasteiger partial charge in [-0.05, 0) is 30.2 Å². The van der Waals surface area contributed by atoms with E-state index in [2.05, 4.69) is 0 Å². The molecular weight excluding hydrogens is 394 g/mol. The summed E-state index contributed by atoms with van der Waals surface area (Å²) in [7, 11) is 0. The second kappa shape index (κ2) is 8.06. The SMILES string of the molecule is O=C(NC1CN(c2ccccc2[N+](=O)[O-])CCC1c1ccc(F)cc1)C(F)(F)F. The first-order valence-corrected chi connectivity index (χ1v) is 8.78. The maximum atomic E-state index is 13.2. The van der Waals surface area contributed by atoms with Crippen LogP contribution in [0.3, 0.4) is 0 Å². The molecule has 1 saturated heterocycles. The molecule has 0 spiro atoms. The Morgan fingerprint density at radius 1 is 1.14 bits per heavy atom. The molecule has 0 bridgehead atoms. The van der Waals surface area contributed by atoms with Crippen LogP contribution in [-0.2, 0) is 4.79 Å². The van der Waals surface area contributed by atoms with Gasteiger partial charge in [-0.15, -0.1) is 0 Å². The van der Waals surface area contributed by atoms with Gasteiger partial charge >= 0.3 is 12.1 Å². The Balaban J connectivity index is 1.91. The number of hydrogen-bond acceptors (Lipinski definition) is 4. The first-order chi connectivity index (χ1) is 13.7. The quantitative estimate of drug-likeness (QED) is 0.472. The van der Waals surface area contributed by atoms with Gasteiger partial charge in [0.05, 0.1) is 11.0 Å². The molecule has 0 aliphatic carbocycles. The molecule has 6 nitrogen and oxygen atoms in total. The number of nitrogens with zero attached hydrogens (tertiary/aromatic N) is 2. The minimum Gasteiger partial charge on any atom is -0.364 e. The number of amides is 1. The third-order valence-corrected chi connectivity index (χ3v) is 4.90. The van der Waals surface area contributed by atoms with Gasteiger partial charge in [0.1, 0.15) is 11.5 Å². The normalized spacial score (nSPS) is 19.7. The Kier molecular flexibility index (Phi) is 5.71. The second-order valence-electron chi connectivity index (χ2n) is 6.72. The van der Waals surface area contributed by atoms with Crippen LogP contribution in [0.2, 0.25) is 0 Å². The van der Waals surface area contributed by atoms with Crippen molar-refractivity contribution in [3.63, 3.8) is 0 Å². The van der Waals surface area contributed by atoms with Crippen LogP contribution >= 0.6 is 0 Å². The molecule has 1 N–H and O–H groups in total. The summed E-state index contributed by atoms with van der Waals surface area (Å²) in [6.45, 7) is 0.264. The summed E-state index contributed by atoms with van der Waals surface area (Å²) < 4.78 is 51.7. The Morgan fingerprint density at radius 2 is 1.79 bits per heavy atom. The zero-order valence-electron chi connectivity index (χ0n) is 15.0. The van der Waals surface area contributed by atoms with Gasteiger partial charge in [-0.3, -0.25) is 14.9 Å². The zero-order valence-corrected chi connectivity index (χ0v) is 15.0. The van der Waals surface area contributed by atoms with E-state index in [0.29, 0.717) is 18.5 Å². The van der Waals surface area contributed by atoms with Gasteiger partial charge in [-0.25, -0.2) is 4.39 Å². The van der Waals surface area contributed by atoms with Gasteiger partial charge in [0.25, 0.3) is 5.69 Å². The average molecular weight is 411 g/mol. The molecule has 1 aliphatic heterocycles. The van der Waals surface area contributed by atoms with Gasteiger partial charge in [0, 0.05) is 25.1 Å². The molecule has 2 aromatic rings. The third kappa shape index (κ3) is 4.64. The number of para-hydroxylation sites is 2. The fraction of sp³-hybridized carbons (Fsp3) is 0.316. The lowest BCUT2D eigenvalue weighted by Gasteiger charge is -2.40. The maximum absolute atomic E-state index is 13.2. The molecule has 0 radical (unpaired) electrons. The summed E-state index contributed by atoms with van der Waals surface area (Å²) in [4.78, 5) is 23.9. The van der Waals surface area contributed by atoms with Crippen molar-refractivity contribution in [2.75, 3.05) is 18.0 Å². The van der Waals surface area contributed by atoms with Crippen LogP contribution in [0.4, 0.5) is 28.9 Å². The highest BCUT2D eigenvalue weighted by Crippen LogP contribution is 2.35. The number of nitrogens with one attached hydrogen (secondary N) is 1. The summed E-state index contributed by atoms with van der Waals surface area (Å²) >= 11 is 0. The number of anilines is 1. The van der Waals surface area contributed by atoms with Crippen molar-refractivity contribution in [1.29, 1.82) is 0 Å². The fourth-order valence-corrected chi connectivity index (χ4v) is 3.56. The second-order valence-corrected chi connectivity index (χ2v) is 6.72. The number of carbonyl (C=O) groups excluding carboxylic acids is 1. The zero-order chi connectivity index (χ0) is 21.2. The number of alkyl halides is 3. The Labute approximate surface area is 163 Å². The maximum Gasteiger partial charge on any atom is 0.471 e. The van der Waals surface area contributed by atoms with E-state index in [-0.39, 0.29) is 17.9 Å². The summed E-state index contributed by atoms with van der Waals surface area (Å²) in [5, 5.41) is 13.3. The van der Waals surface area contributed by atoms with Crippen molar-refractivity contribution >= 4 is 17.3 Å². The first kappa shape index (κ1) is 20.6. The molecule has 0 aromatic heterocycles. The topological polar surface area (TPSA) is 75.5 Å². The number of nitro benzene ring substituents is 1. The highest BCUT2D eigenvalue weighted by Gasteiger charge is 2.42. The van der Waals surface area contributed by atoms with E-state index < -0.39 is 34.8 Å². The number of halogens is 4. The largest absolute Gasteiger partial charge is 0.471 e. The fourth-order valence-electron chi connectivity index (χ4n) is 3.56. The van der Waals surface area contributed by atoms with E-state index in [1.807, 2.05) is 5.32 Å². The molecule has 154 valence electrons. The predicted molar refractivity (Wildman–Crippen MR) is 97.1 cm³/mol. The van der Waals surface area contributed by atoms with E-state index in [1.54, 1.807) is 11.0 Å². The predicted octanol–water partition coefficient (Wildman–Crippen LogP) is 3.77. The van der Waals surface area contributed by atoms with Crippen LogP contribution in [-0.4, -0.2) is 36.1 Å². The van der Waals surface area contributed by atoms with Crippen LogP contribution in [0, 0.1) is 15.9 Å². The first-order valence-electron chi connectivity index (χ1n) is 8.78. The van der Waals surface area contributed by atoms with Crippen molar-refractivity contribution in [2.45, 2.75) is 24.6 Å².